The minimum Gasteiger partial charge on any atom is -0.373 e. The van der Waals surface area contributed by atoms with E-state index in [1.807, 2.05) is 0 Å². The molecule has 20 heavy (non-hydrogen) atoms. The highest BCUT2D eigenvalue weighted by Gasteiger charge is 2.30. The van der Waals surface area contributed by atoms with Gasteiger partial charge in [-0.05, 0) is 30.2 Å². The van der Waals surface area contributed by atoms with Gasteiger partial charge >= 0.3 is 0 Å². The molecule has 0 aliphatic heterocycles. The molecule has 5 heteroatoms. The third-order valence-electron chi connectivity index (χ3n) is 3.34. The van der Waals surface area contributed by atoms with E-state index in [4.69, 9.17) is 15.0 Å². The van der Waals surface area contributed by atoms with Gasteiger partial charge in [-0.1, -0.05) is 39.8 Å². The van der Waals surface area contributed by atoms with Crippen LogP contribution in [0.15, 0.2) is 4.52 Å². The highest BCUT2D eigenvalue weighted by atomic mass is 16.5. The van der Waals surface area contributed by atoms with Crippen LogP contribution in [0, 0.1) is 17.3 Å². The highest BCUT2D eigenvalue weighted by Crippen LogP contribution is 2.33. The largest absolute Gasteiger partial charge is 0.373 e. The van der Waals surface area contributed by atoms with Crippen molar-refractivity contribution in [3.05, 3.63) is 11.7 Å². The Morgan fingerprint density at radius 2 is 1.95 bits per heavy atom. The molecule has 5 nitrogen and oxygen atoms in total. The lowest BCUT2D eigenvalue weighted by Crippen LogP contribution is -2.21. The second kappa shape index (κ2) is 7.18. The molecule has 0 saturated heterocycles. The van der Waals surface area contributed by atoms with Crippen LogP contribution in [-0.4, -0.2) is 23.8 Å². The summed E-state index contributed by atoms with van der Waals surface area (Å²) in [6, 6.07) is 0. The molecule has 0 aromatic carbocycles. The molecule has 1 unspecified atom stereocenters. The average molecular weight is 283 g/mol. The summed E-state index contributed by atoms with van der Waals surface area (Å²) in [4.78, 5) is 4.48. The fraction of sp³-hybridized carbons (Fsp3) is 0.867. The molecule has 1 rings (SSSR count). The van der Waals surface area contributed by atoms with E-state index >= 15 is 0 Å². The van der Waals surface area contributed by atoms with Crippen molar-refractivity contribution in [1.29, 1.82) is 0 Å². The molecule has 0 amide bonds. The van der Waals surface area contributed by atoms with Gasteiger partial charge in [0.05, 0.1) is 0 Å². The van der Waals surface area contributed by atoms with Gasteiger partial charge in [0.1, 0.15) is 6.10 Å². The minimum absolute atomic E-state index is 0.0684. The van der Waals surface area contributed by atoms with Crippen LogP contribution in [0.4, 0.5) is 0 Å². The first-order chi connectivity index (χ1) is 9.27. The van der Waals surface area contributed by atoms with E-state index in [2.05, 4.69) is 44.8 Å². The van der Waals surface area contributed by atoms with Crippen LogP contribution in [0.5, 0.6) is 0 Å². The van der Waals surface area contributed by atoms with Gasteiger partial charge in [-0.15, -0.1) is 0 Å². The average Bonchev–Trinajstić information content (AvgIpc) is 2.74. The van der Waals surface area contributed by atoms with Gasteiger partial charge in [-0.2, -0.15) is 4.98 Å². The highest BCUT2D eigenvalue weighted by molar-refractivity contribution is 4.97. The minimum atomic E-state index is -0.165. The Hall–Kier alpha value is -0.940. The number of aromatic nitrogens is 2. The molecule has 1 aromatic rings. The van der Waals surface area contributed by atoms with Gasteiger partial charge in [0.15, 0.2) is 0 Å². The zero-order valence-corrected chi connectivity index (χ0v) is 13.6. The van der Waals surface area contributed by atoms with Crippen molar-refractivity contribution in [3.8, 4) is 0 Å². The Kier molecular flexibility index (Phi) is 6.14. The number of methoxy groups -OCH3 is 1. The van der Waals surface area contributed by atoms with Crippen molar-refractivity contribution in [1.82, 2.24) is 10.1 Å². The second-order valence-corrected chi connectivity index (χ2v) is 6.96. The van der Waals surface area contributed by atoms with Crippen LogP contribution in [-0.2, 0) is 11.2 Å². The van der Waals surface area contributed by atoms with Crippen molar-refractivity contribution in [2.24, 2.45) is 23.0 Å². The molecule has 0 radical (unpaired) electrons. The van der Waals surface area contributed by atoms with Gasteiger partial charge in [-0.3, -0.25) is 0 Å². The van der Waals surface area contributed by atoms with Crippen LogP contribution in [0.2, 0.25) is 0 Å². The topological polar surface area (TPSA) is 74.2 Å². The van der Waals surface area contributed by atoms with Crippen LogP contribution >= 0.6 is 0 Å². The smallest absolute Gasteiger partial charge is 0.227 e. The van der Waals surface area contributed by atoms with Crippen molar-refractivity contribution in [3.63, 3.8) is 0 Å². The molecule has 0 fully saturated rings. The Bertz CT molecular complexity index is 396. The van der Waals surface area contributed by atoms with Crippen LogP contribution in [0.1, 0.15) is 58.9 Å². The summed E-state index contributed by atoms with van der Waals surface area (Å²) in [5, 5.41) is 4.07. The first kappa shape index (κ1) is 17.1. The van der Waals surface area contributed by atoms with E-state index in [-0.39, 0.29) is 11.5 Å². The summed E-state index contributed by atoms with van der Waals surface area (Å²) in [5.41, 5.74) is 5.75. The van der Waals surface area contributed by atoms with Crippen LogP contribution < -0.4 is 5.73 Å². The van der Waals surface area contributed by atoms with E-state index in [0.29, 0.717) is 30.1 Å². The molecule has 1 heterocycles. The molecule has 0 bridgehead atoms. The Labute approximate surface area is 122 Å². The molecule has 0 aliphatic carbocycles. The van der Waals surface area contributed by atoms with Crippen molar-refractivity contribution in [2.45, 2.75) is 53.6 Å². The molecule has 0 spiro atoms. The van der Waals surface area contributed by atoms with E-state index < -0.39 is 0 Å². The number of ether oxygens (including phenoxy) is 1. The monoisotopic (exact) mass is 283 g/mol. The van der Waals surface area contributed by atoms with Crippen LogP contribution in [0.25, 0.3) is 0 Å². The second-order valence-electron chi connectivity index (χ2n) is 6.96. The van der Waals surface area contributed by atoms with Gasteiger partial charge < -0.3 is 15.0 Å². The number of nitrogens with two attached hydrogens (primary N) is 1. The summed E-state index contributed by atoms with van der Waals surface area (Å²) in [5.74, 6) is 2.28. The predicted molar refractivity (Wildman–Crippen MR) is 79.2 cm³/mol. The maximum absolute atomic E-state index is 5.82. The Balaban J connectivity index is 2.76. The number of hydrogen-bond acceptors (Lipinski definition) is 5. The number of rotatable bonds is 7. The van der Waals surface area contributed by atoms with E-state index in [1.54, 1.807) is 7.11 Å². The Morgan fingerprint density at radius 3 is 2.40 bits per heavy atom. The normalized spacial score (nSPS) is 15.6. The summed E-state index contributed by atoms with van der Waals surface area (Å²) >= 11 is 0. The fourth-order valence-corrected chi connectivity index (χ4v) is 2.48. The lowest BCUT2D eigenvalue weighted by atomic mass is 9.88. The third kappa shape index (κ3) is 4.87. The van der Waals surface area contributed by atoms with Gasteiger partial charge in [0, 0.05) is 13.5 Å². The van der Waals surface area contributed by atoms with Crippen LogP contribution in [0.3, 0.4) is 0 Å². The summed E-state index contributed by atoms with van der Waals surface area (Å²) in [6.07, 6.45) is 1.64. The maximum atomic E-state index is 5.82. The SMILES string of the molecule is COC(c1noc(C[C@@H](CN)CC(C)C)n1)C(C)(C)C. The van der Waals surface area contributed by atoms with E-state index in [1.165, 1.54) is 0 Å². The summed E-state index contributed by atoms with van der Waals surface area (Å²) < 4.78 is 10.9. The summed E-state index contributed by atoms with van der Waals surface area (Å²) in [7, 11) is 1.67. The lowest BCUT2D eigenvalue weighted by Gasteiger charge is -2.26. The molecule has 0 aliphatic rings. The molecule has 0 saturated carbocycles. The molecule has 2 atom stereocenters. The lowest BCUT2D eigenvalue weighted by molar-refractivity contribution is 0.00718. The van der Waals surface area contributed by atoms with E-state index in [0.717, 1.165) is 12.8 Å². The molecule has 1 aromatic heterocycles. The van der Waals surface area contributed by atoms with Crippen molar-refractivity contribution in [2.75, 3.05) is 13.7 Å². The number of nitrogens with zero attached hydrogens (tertiary/aromatic N) is 2. The molecular formula is C15H29N3O2. The first-order valence-electron chi connectivity index (χ1n) is 7.33. The number of hydrogen-bond donors (Lipinski definition) is 1. The van der Waals surface area contributed by atoms with Crippen molar-refractivity contribution >= 4 is 0 Å². The third-order valence-corrected chi connectivity index (χ3v) is 3.34. The first-order valence-corrected chi connectivity index (χ1v) is 7.33. The fourth-order valence-electron chi connectivity index (χ4n) is 2.48. The quantitative estimate of drug-likeness (QED) is 0.832. The summed E-state index contributed by atoms with van der Waals surface area (Å²) in [6.45, 7) is 11.3. The zero-order chi connectivity index (χ0) is 15.3. The standard InChI is InChI=1S/C15H29N3O2/c1-10(2)7-11(9-16)8-12-17-14(18-20-12)13(19-6)15(3,4)5/h10-11,13H,7-9,16H2,1-6H3/t11-,13?/m0/s1. The van der Waals surface area contributed by atoms with Crippen molar-refractivity contribution < 1.29 is 9.26 Å². The van der Waals surface area contributed by atoms with Gasteiger partial charge in [0.2, 0.25) is 11.7 Å². The molecule has 116 valence electrons. The van der Waals surface area contributed by atoms with Gasteiger partial charge in [0.25, 0.3) is 0 Å². The maximum Gasteiger partial charge on any atom is 0.227 e. The van der Waals surface area contributed by atoms with Gasteiger partial charge in [-0.25, -0.2) is 0 Å². The van der Waals surface area contributed by atoms with E-state index in [9.17, 15) is 0 Å². The predicted octanol–water partition coefficient (Wildman–Crippen LogP) is 2.97. The zero-order valence-electron chi connectivity index (χ0n) is 13.6. The molecular weight excluding hydrogens is 254 g/mol. The molecule has 2 N–H and O–H groups in total. The Morgan fingerprint density at radius 1 is 1.30 bits per heavy atom.